The second-order valence-electron chi connectivity index (χ2n) is 8.68. The third-order valence-electron chi connectivity index (χ3n) is 6.39. The third kappa shape index (κ3) is 5.22. The Morgan fingerprint density at radius 3 is 2.39 bits per heavy atom. The molecule has 3 aromatic carbocycles. The van der Waals surface area contributed by atoms with Gasteiger partial charge in [0.05, 0.1) is 6.54 Å². The smallest absolute Gasteiger partial charge is 0.410 e. The zero-order valence-corrected chi connectivity index (χ0v) is 19.3. The molecule has 5 nitrogen and oxygen atoms in total. The number of cyclic esters (lactones) is 1. The van der Waals surface area contributed by atoms with Crippen LogP contribution in [0.15, 0.2) is 72.8 Å². The summed E-state index contributed by atoms with van der Waals surface area (Å²) in [6.07, 6.45) is -0.536. The minimum Gasteiger partial charge on any atom is -0.439 e. The van der Waals surface area contributed by atoms with Crippen LogP contribution in [-0.4, -0.2) is 48.6 Å². The molecule has 170 valence electrons. The normalized spacial score (nSPS) is 19.0. The molecule has 0 radical (unpaired) electrons. The fourth-order valence-corrected chi connectivity index (χ4v) is 4.67. The van der Waals surface area contributed by atoms with Crippen molar-refractivity contribution in [2.75, 3.05) is 32.7 Å². The van der Waals surface area contributed by atoms with E-state index in [1.165, 1.54) is 16.7 Å². The maximum absolute atomic E-state index is 12.4. The van der Waals surface area contributed by atoms with Crippen molar-refractivity contribution in [2.24, 2.45) is 0 Å². The Labute approximate surface area is 199 Å². The lowest BCUT2D eigenvalue weighted by molar-refractivity contribution is 0.132. The number of halogens is 1. The van der Waals surface area contributed by atoms with Gasteiger partial charge in [0.2, 0.25) is 0 Å². The standard InChI is InChI=1S/C27H28ClN3O2/c28-24-11-9-22(10-12-24)26-19-31(27(32)33-26)17-20-5-7-21(8-6-20)25-4-2-1-3-23(25)18-30-15-13-29-14-16-30/h1-12,26,29H,13-19H2. The van der Waals surface area contributed by atoms with Crippen LogP contribution in [0, 0.1) is 0 Å². The van der Waals surface area contributed by atoms with Crippen LogP contribution in [0.25, 0.3) is 11.1 Å². The van der Waals surface area contributed by atoms with Crippen LogP contribution in [0.1, 0.15) is 22.8 Å². The van der Waals surface area contributed by atoms with Gasteiger partial charge in [0.15, 0.2) is 0 Å². The summed E-state index contributed by atoms with van der Waals surface area (Å²) in [6, 6.07) is 24.6. The summed E-state index contributed by atoms with van der Waals surface area (Å²) in [4.78, 5) is 16.7. The van der Waals surface area contributed by atoms with Gasteiger partial charge in [-0.05, 0) is 39.9 Å². The average molecular weight is 462 g/mol. The number of rotatable bonds is 6. The molecular formula is C27H28ClN3O2. The molecule has 3 aromatic rings. The first-order chi connectivity index (χ1) is 16.2. The minimum atomic E-state index is -0.277. The van der Waals surface area contributed by atoms with E-state index in [0.717, 1.165) is 43.9 Å². The fraction of sp³-hybridized carbons (Fsp3) is 0.296. The first-order valence-corrected chi connectivity index (χ1v) is 11.8. The van der Waals surface area contributed by atoms with Gasteiger partial charge in [-0.15, -0.1) is 0 Å². The van der Waals surface area contributed by atoms with Gasteiger partial charge < -0.3 is 10.1 Å². The molecule has 6 heteroatoms. The number of carbonyl (C=O) groups excluding carboxylic acids is 1. The van der Waals surface area contributed by atoms with Crippen LogP contribution in [0.4, 0.5) is 4.79 Å². The topological polar surface area (TPSA) is 44.8 Å². The summed E-state index contributed by atoms with van der Waals surface area (Å²) in [5.41, 5.74) is 5.87. The maximum atomic E-state index is 12.4. The van der Waals surface area contributed by atoms with Crippen molar-refractivity contribution in [2.45, 2.75) is 19.2 Å². The highest BCUT2D eigenvalue weighted by molar-refractivity contribution is 6.30. The molecule has 0 saturated carbocycles. The molecule has 0 aromatic heterocycles. The van der Waals surface area contributed by atoms with E-state index in [-0.39, 0.29) is 12.2 Å². The molecule has 2 heterocycles. The molecule has 2 fully saturated rings. The Morgan fingerprint density at radius 2 is 1.64 bits per heavy atom. The fourth-order valence-electron chi connectivity index (χ4n) is 4.55. The Morgan fingerprint density at radius 1 is 0.909 bits per heavy atom. The van der Waals surface area contributed by atoms with Crippen molar-refractivity contribution < 1.29 is 9.53 Å². The summed E-state index contributed by atoms with van der Waals surface area (Å²) in [6.45, 7) is 6.29. The second kappa shape index (κ2) is 9.96. The first-order valence-electron chi connectivity index (χ1n) is 11.5. The Balaban J connectivity index is 1.26. The van der Waals surface area contributed by atoms with Crippen molar-refractivity contribution in [1.82, 2.24) is 15.1 Å². The van der Waals surface area contributed by atoms with Crippen LogP contribution in [0.5, 0.6) is 0 Å². The SMILES string of the molecule is O=C1OC(c2ccc(Cl)cc2)CN1Cc1ccc(-c2ccccc2CN2CCNCC2)cc1. The van der Waals surface area contributed by atoms with Gasteiger partial charge in [0.1, 0.15) is 6.10 Å². The number of piperazine rings is 1. The maximum Gasteiger partial charge on any atom is 0.410 e. The minimum absolute atomic E-state index is 0.258. The molecule has 1 amide bonds. The molecule has 0 bridgehead atoms. The van der Waals surface area contributed by atoms with E-state index in [1.807, 2.05) is 24.3 Å². The van der Waals surface area contributed by atoms with Gasteiger partial charge in [0, 0.05) is 44.3 Å². The molecule has 0 spiro atoms. The molecule has 0 aliphatic carbocycles. The predicted molar refractivity (Wildman–Crippen MR) is 131 cm³/mol. The molecule has 1 unspecified atom stereocenters. The lowest BCUT2D eigenvalue weighted by atomic mass is 9.98. The van der Waals surface area contributed by atoms with E-state index in [4.69, 9.17) is 16.3 Å². The number of benzene rings is 3. The quantitative estimate of drug-likeness (QED) is 0.554. The molecule has 2 aliphatic heterocycles. The highest BCUT2D eigenvalue weighted by atomic mass is 35.5. The van der Waals surface area contributed by atoms with E-state index in [9.17, 15) is 4.79 Å². The first kappa shape index (κ1) is 22.0. The summed E-state index contributed by atoms with van der Waals surface area (Å²) in [5, 5.41) is 4.09. The number of hydrogen-bond donors (Lipinski definition) is 1. The molecule has 1 N–H and O–H groups in total. The van der Waals surface area contributed by atoms with E-state index >= 15 is 0 Å². The van der Waals surface area contributed by atoms with Crippen LogP contribution in [-0.2, 0) is 17.8 Å². The summed E-state index contributed by atoms with van der Waals surface area (Å²) >= 11 is 5.98. The van der Waals surface area contributed by atoms with Crippen LogP contribution < -0.4 is 5.32 Å². The number of nitrogens with one attached hydrogen (secondary N) is 1. The average Bonchev–Trinajstić information content (AvgIpc) is 3.21. The molecule has 33 heavy (non-hydrogen) atoms. The van der Waals surface area contributed by atoms with Crippen LogP contribution in [0.3, 0.4) is 0 Å². The highest BCUT2D eigenvalue weighted by Crippen LogP contribution is 2.29. The van der Waals surface area contributed by atoms with Crippen LogP contribution in [0.2, 0.25) is 5.02 Å². The van der Waals surface area contributed by atoms with E-state index in [0.29, 0.717) is 18.1 Å². The summed E-state index contributed by atoms with van der Waals surface area (Å²) in [5.74, 6) is 0. The van der Waals surface area contributed by atoms with E-state index < -0.39 is 0 Å². The largest absolute Gasteiger partial charge is 0.439 e. The van der Waals surface area contributed by atoms with Gasteiger partial charge in [0.25, 0.3) is 0 Å². The van der Waals surface area contributed by atoms with Gasteiger partial charge in [-0.2, -0.15) is 0 Å². The molecule has 2 saturated heterocycles. The molecule has 1 atom stereocenters. The monoisotopic (exact) mass is 461 g/mol. The number of hydrogen-bond acceptors (Lipinski definition) is 4. The Bertz CT molecular complexity index is 1100. The van der Waals surface area contributed by atoms with Gasteiger partial charge in [-0.3, -0.25) is 9.80 Å². The number of ether oxygens (including phenoxy) is 1. The van der Waals surface area contributed by atoms with Gasteiger partial charge in [-0.1, -0.05) is 72.3 Å². The van der Waals surface area contributed by atoms with Crippen LogP contribution >= 0.6 is 11.6 Å². The van der Waals surface area contributed by atoms with Crippen molar-refractivity contribution in [1.29, 1.82) is 0 Å². The summed E-state index contributed by atoms with van der Waals surface area (Å²) < 4.78 is 5.59. The molecule has 5 rings (SSSR count). The lowest BCUT2D eigenvalue weighted by Gasteiger charge is -2.28. The molecular weight excluding hydrogens is 434 g/mol. The zero-order chi connectivity index (χ0) is 22.6. The molecule has 2 aliphatic rings. The Kier molecular flexibility index (Phi) is 6.63. The van der Waals surface area contributed by atoms with E-state index in [1.54, 1.807) is 4.90 Å². The van der Waals surface area contributed by atoms with Gasteiger partial charge in [-0.25, -0.2) is 4.79 Å². The van der Waals surface area contributed by atoms with E-state index in [2.05, 4.69) is 58.7 Å². The van der Waals surface area contributed by atoms with Crippen molar-refractivity contribution in [3.8, 4) is 11.1 Å². The zero-order valence-electron chi connectivity index (χ0n) is 18.5. The van der Waals surface area contributed by atoms with Crippen molar-refractivity contribution >= 4 is 17.7 Å². The predicted octanol–water partition coefficient (Wildman–Crippen LogP) is 5.11. The lowest BCUT2D eigenvalue weighted by Crippen LogP contribution is -2.42. The van der Waals surface area contributed by atoms with Crippen molar-refractivity contribution in [3.63, 3.8) is 0 Å². The van der Waals surface area contributed by atoms with Crippen molar-refractivity contribution in [3.05, 3.63) is 94.5 Å². The summed E-state index contributed by atoms with van der Waals surface area (Å²) in [7, 11) is 0. The number of nitrogens with zero attached hydrogens (tertiary/aromatic N) is 2. The second-order valence-corrected chi connectivity index (χ2v) is 9.12. The highest BCUT2D eigenvalue weighted by Gasteiger charge is 2.32. The Hall–Kier alpha value is -2.86. The van der Waals surface area contributed by atoms with Gasteiger partial charge >= 0.3 is 6.09 Å². The number of carbonyl (C=O) groups is 1. The third-order valence-corrected chi connectivity index (χ3v) is 6.64. The number of amides is 1.